The molecule has 2 N–H and O–H groups in total. The van der Waals surface area contributed by atoms with Crippen LogP contribution in [0.2, 0.25) is 0 Å². The molecule has 0 aliphatic carbocycles. The van der Waals surface area contributed by atoms with Gasteiger partial charge in [0.15, 0.2) is 11.5 Å². The van der Waals surface area contributed by atoms with Gasteiger partial charge in [0.05, 0.1) is 12.8 Å². The number of halogens is 2. The van der Waals surface area contributed by atoms with Crippen molar-refractivity contribution in [1.29, 1.82) is 0 Å². The van der Waals surface area contributed by atoms with E-state index >= 15 is 0 Å². The summed E-state index contributed by atoms with van der Waals surface area (Å²) in [4.78, 5) is -0.679. The van der Waals surface area contributed by atoms with E-state index in [2.05, 4.69) is 4.72 Å². The van der Waals surface area contributed by atoms with E-state index in [0.29, 0.717) is 0 Å². The maximum atomic E-state index is 13.9. The average molecular weight is 329 g/mol. The number of hydrogen-bond acceptors (Lipinski definition) is 4. The SMILES string of the molecule is COc1ccc(NS(=O)(=O)c2ccc(F)c(C)c2F)cc1O. The largest absolute Gasteiger partial charge is 0.504 e. The lowest BCUT2D eigenvalue weighted by Gasteiger charge is -2.11. The molecule has 5 nitrogen and oxygen atoms in total. The minimum Gasteiger partial charge on any atom is -0.504 e. The van der Waals surface area contributed by atoms with Crippen molar-refractivity contribution in [3.8, 4) is 11.5 Å². The van der Waals surface area contributed by atoms with Gasteiger partial charge in [-0.3, -0.25) is 4.72 Å². The van der Waals surface area contributed by atoms with Crippen LogP contribution >= 0.6 is 0 Å². The molecule has 0 bridgehead atoms. The van der Waals surface area contributed by atoms with Gasteiger partial charge >= 0.3 is 0 Å². The van der Waals surface area contributed by atoms with Crippen molar-refractivity contribution in [3.63, 3.8) is 0 Å². The summed E-state index contributed by atoms with van der Waals surface area (Å²) >= 11 is 0. The first-order valence-electron chi connectivity index (χ1n) is 6.10. The lowest BCUT2D eigenvalue weighted by atomic mass is 10.2. The zero-order valence-electron chi connectivity index (χ0n) is 11.7. The number of hydrogen-bond donors (Lipinski definition) is 2. The van der Waals surface area contributed by atoms with Gasteiger partial charge in [0.25, 0.3) is 10.0 Å². The first-order valence-corrected chi connectivity index (χ1v) is 7.59. The first-order chi connectivity index (χ1) is 10.3. The first kappa shape index (κ1) is 16.0. The Balaban J connectivity index is 2.40. The smallest absolute Gasteiger partial charge is 0.264 e. The summed E-state index contributed by atoms with van der Waals surface area (Å²) in [6.45, 7) is 1.14. The van der Waals surface area contributed by atoms with E-state index in [1.165, 1.54) is 19.2 Å². The highest BCUT2D eigenvalue weighted by Gasteiger charge is 2.22. The maximum absolute atomic E-state index is 13.9. The second kappa shape index (κ2) is 5.80. The Morgan fingerprint density at radius 1 is 1.18 bits per heavy atom. The van der Waals surface area contributed by atoms with Gasteiger partial charge in [0, 0.05) is 11.6 Å². The van der Waals surface area contributed by atoms with Gasteiger partial charge in [-0.25, -0.2) is 17.2 Å². The second-order valence-electron chi connectivity index (χ2n) is 4.48. The third kappa shape index (κ3) is 2.96. The van der Waals surface area contributed by atoms with Crippen LogP contribution in [0.15, 0.2) is 35.2 Å². The van der Waals surface area contributed by atoms with Crippen LogP contribution < -0.4 is 9.46 Å². The van der Waals surface area contributed by atoms with Crippen LogP contribution in [-0.4, -0.2) is 20.6 Å². The molecule has 2 rings (SSSR count). The number of anilines is 1. The van der Waals surface area contributed by atoms with Crippen molar-refractivity contribution in [2.24, 2.45) is 0 Å². The molecule has 0 aliphatic rings. The zero-order chi connectivity index (χ0) is 16.5. The zero-order valence-corrected chi connectivity index (χ0v) is 12.5. The fraction of sp³-hybridized carbons (Fsp3) is 0.143. The number of phenols is 1. The second-order valence-corrected chi connectivity index (χ2v) is 6.13. The van der Waals surface area contributed by atoms with Crippen molar-refractivity contribution in [2.45, 2.75) is 11.8 Å². The summed E-state index contributed by atoms with van der Waals surface area (Å²) in [6, 6.07) is 5.51. The van der Waals surface area contributed by atoms with E-state index in [1.807, 2.05) is 0 Å². The molecular weight excluding hydrogens is 316 g/mol. The summed E-state index contributed by atoms with van der Waals surface area (Å²) in [5.74, 6) is -2.12. The van der Waals surface area contributed by atoms with Crippen LogP contribution in [0.4, 0.5) is 14.5 Å². The van der Waals surface area contributed by atoms with Crippen molar-refractivity contribution in [3.05, 3.63) is 47.5 Å². The van der Waals surface area contributed by atoms with E-state index in [9.17, 15) is 22.3 Å². The molecule has 0 saturated carbocycles. The van der Waals surface area contributed by atoms with Gasteiger partial charge in [-0.1, -0.05) is 0 Å². The Labute approximate surface area is 126 Å². The van der Waals surface area contributed by atoms with Gasteiger partial charge < -0.3 is 9.84 Å². The molecule has 2 aromatic carbocycles. The molecule has 0 aromatic heterocycles. The number of rotatable bonds is 4. The van der Waals surface area contributed by atoms with E-state index in [-0.39, 0.29) is 22.7 Å². The van der Waals surface area contributed by atoms with Crippen molar-refractivity contribution < 1.29 is 27.0 Å². The Morgan fingerprint density at radius 2 is 1.86 bits per heavy atom. The highest BCUT2D eigenvalue weighted by Crippen LogP contribution is 2.30. The highest BCUT2D eigenvalue weighted by molar-refractivity contribution is 7.92. The average Bonchev–Trinajstić information content (AvgIpc) is 2.44. The molecule has 0 fully saturated rings. The van der Waals surface area contributed by atoms with E-state index < -0.39 is 26.6 Å². The lowest BCUT2D eigenvalue weighted by Crippen LogP contribution is -2.15. The number of methoxy groups -OCH3 is 1. The molecule has 0 heterocycles. The molecule has 0 saturated heterocycles. The molecule has 2 aromatic rings. The number of phenolic OH excluding ortho intramolecular Hbond substituents is 1. The molecular formula is C14H13F2NO4S. The van der Waals surface area contributed by atoms with E-state index in [0.717, 1.165) is 25.1 Å². The molecule has 8 heteroatoms. The van der Waals surface area contributed by atoms with Crippen LogP contribution in [0.5, 0.6) is 11.5 Å². The fourth-order valence-electron chi connectivity index (χ4n) is 1.81. The third-order valence-electron chi connectivity index (χ3n) is 3.01. The van der Waals surface area contributed by atoms with E-state index in [1.54, 1.807) is 0 Å². The molecule has 0 spiro atoms. The van der Waals surface area contributed by atoms with Crippen LogP contribution in [-0.2, 0) is 10.0 Å². The van der Waals surface area contributed by atoms with Gasteiger partial charge in [-0.15, -0.1) is 0 Å². The predicted molar refractivity (Wildman–Crippen MR) is 76.6 cm³/mol. The van der Waals surface area contributed by atoms with Crippen molar-refractivity contribution in [1.82, 2.24) is 0 Å². The van der Waals surface area contributed by atoms with Crippen LogP contribution in [0, 0.1) is 18.6 Å². The number of nitrogens with one attached hydrogen (secondary N) is 1. The number of aromatic hydroxyl groups is 1. The lowest BCUT2D eigenvalue weighted by molar-refractivity contribution is 0.373. The fourth-order valence-corrected chi connectivity index (χ4v) is 2.99. The summed E-state index contributed by atoms with van der Waals surface area (Å²) in [6.07, 6.45) is 0. The molecule has 0 unspecified atom stereocenters. The minimum atomic E-state index is -4.26. The molecule has 0 aliphatic heterocycles. The maximum Gasteiger partial charge on any atom is 0.264 e. The Morgan fingerprint density at radius 3 is 2.45 bits per heavy atom. The summed E-state index contributed by atoms with van der Waals surface area (Å²) in [5, 5.41) is 9.61. The van der Waals surface area contributed by atoms with Gasteiger partial charge in [-0.05, 0) is 31.2 Å². The Bertz CT molecular complexity index is 822. The van der Waals surface area contributed by atoms with Crippen molar-refractivity contribution >= 4 is 15.7 Å². The Hall–Kier alpha value is -2.35. The summed E-state index contributed by atoms with van der Waals surface area (Å²) in [5.41, 5.74) is -0.375. The standard InChI is InChI=1S/C14H13F2NO4S/c1-8-10(15)4-6-13(14(8)16)22(19,20)17-9-3-5-12(21-2)11(18)7-9/h3-7,17-18H,1-2H3. The third-order valence-corrected chi connectivity index (χ3v) is 4.40. The number of sulfonamides is 1. The van der Waals surface area contributed by atoms with Crippen LogP contribution in [0.3, 0.4) is 0 Å². The molecule has 118 valence electrons. The number of benzene rings is 2. The van der Waals surface area contributed by atoms with E-state index in [4.69, 9.17) is 4.74 Å². The number of ether oxygens (including phenoxy) is 1. The highest BCUT2D eigenvalue weighted by atomic mass is 32.2. The quantitative estimate of drug-likeness (QED) is 0.904. The predicted octanol–water partition coefficient (Wildman–Crippen LogP) is 2.79. The Kier molecular flexibility index (Phi) is 4.23. The topological polar surface area (TPSA) is 75.6 Å². The van der Waals surface area contributed by atoms with Crippen molar-refractivity contribution in [2.75, 3.05) is 11.8 Å². The van der Waals surface area contributed by atoms with Crippen LogP contribution in [0.1, 0.15) is 5.56 Å². The molecule has 0 amide bonds. The molecule has 0 radical (unpaired) electrons. The van der Waals surface area contributed by atoms with Gasteiger partial charge in [0.1, 0.15) is 16.5 Å². The van der Waals surface area contributed by atoms with Gasteiger partial charge in [0.2, 0.25) is 0 Å². The van der Waals surface area contributed by atoms with Crippen LogP contribution in [0.25, 0.3) is 0 Å². The normalized spacial score (nSPS) is 11.3. The summed E-state index contributed by atoms with van der Waals surface area (Å²) in [7, 11) is -2.92. The summed E-state index contributed by atoms with van der Waals surface area (Å²) < 4.78 is 58.4. The van der Waals surface area contributed by atoms with Gasteiger partial charge in [-0.2, -0.15) is 0 Å². The minimum absolute atomic E-state index is 0.0136. The monoisotopic (exact) mass is 329 g/mol. The molecule has 0 atom stereocenters. The molecule has 22 heavy (non-hydrogen) atoms.